The molecule has 4 aromatic rings. The van der Waals surface area contributed by atoms with E-state index in [2.05, 4.69) is 5.32 Å². The van der Waals surface area contributed by atoms with E-state index in [9.17, 15) is 9.59 Å². The summed E-state index contributed by atoms with van der Waals surface area (Å²) in [5.74, 6) is 1.09. The number of hydrogen-bond donors (Lipinski definition) is 1. The number of carbonyl (C=O) groups excluding carboxylic acids is 1. The van der Waals surface area contributed by atoms with Gasteiger partial charge in [0.05, 0.1) is 11.4 Å². The maximum absolute atomic E-state index is 13.1. The van der Waals surface area contributed by atoms with Crippen molar-refractivity contribution in [3.63, 3.8) is 0 Å². The van der Waals surface area contributed by atoms with Crippen LogP contribution in [0, 0.1) is 13.8 Å². The smallest absolute Gasteiger partial charge is 0.253 e. The minimum Gasteiger partial charge on any atom is -0.454 e. The quantitative estimate of drug-likeness (QED) is 0.510. The summed E-state index contributed by atoms with van der Waals surface area (Å²) in [5, 5.41) is 8.50. The van der Waals surface area contributed by atoms with Crippen molar-refractivity contribution in [3.8, 4) is 17.2 Å². The molecule has 168 valence electrons. The first-order valence-electron chi connectivity index (χ1n) is 10.8. The van der Waals surface area contributed by atoms with Gasteiger partial charge >= 0.3 is 0 Å². The number of aryl methyl sites for hydroxylation is 2. The Kier molecular flexibility index (Phi) is 5.12. The zero-order valence-corrected chi connectivity index (χ0v) is 18.7. The number of nitrogens with one attached hydrogen (secondary N) is 1. The lowest BCUT2D eigenvalue weighted by Crippen LogP contribution is -2.36. The van der Waals surface area contributed by atoms with Crippen LogP contribution in [0.5, 0.6) is 11.5 Å². The van der Waals surface area contributed by atoms with Crippen LogP contribution in [-0.4, -0.2) is 27.0 Å². The first-order chi connectivity index (χ1) is 15.9. The fraction of sp³-hybridized carbons (Fsp3) is 0.240. The van der Waals surface area contributed by atoms with Crippen LogP contribution < -0.4 is 20.3 Å². The SMILES string of the molecule is Cc1cc(=O)n(C(C)C(=O)NCc2ccc3c(c2)OCO3)c2c1c(C)nn2-c1ccccc1. The molecule has 0 spiro atoms. The first kappa shape index (κ1) is 20.8. The second-order valence-corrected chi connectivity index (χ2v) is 8.15. The Morgan fingerprint density at radius 1 is 1.09 bits per heavy atom. The Morgan fingerprint density at radius 3 is 2.64 bits per heavy atom. The standard InChI is InChI=1S/C25H24N4O4/c1-15-11-22(30)28(25-23(15)16(2)27-29(25)19-7-5-4-6-8-19)17(3)24(31)26-13-18-9-10-20-21(12-18)33-14-32-20/h4-12,17H,13-14H2,1-3H3,(H,26,31). The number of aromatic nitrogens is 3. The average Bonchev–Trinajstić information content (AvgIpc) is 3.42. The van der Waals surface area contributed by atoms with Gasteiger partial charge in [-0.25, -0.2) is 4.68 Å². The molecule has 1 unspecified atom stereocenters. The van der Waals surface area contributed by atoms with Crippen LogP contribution in [0.2, 0.25) is 0 Å². The van der Waals surface area contributed by atoms with Gasteiger partial charge in [-0.3, -0.25) is 14.2 Å². The van der Waals surface area contributed by atoms with Crippen LogP contribution in [0.3, 0.4) is 0 Å². The largest absolute Gasteiger partial charge is 0.454 e. The van der Waals surface area contributed by atoms with Gasteiger partial charge in [0, 0.05) is 18.0 Å². The molecular weight excluding hydrogens is 420 g/mol. The van der Waals surface area contributed by atoms with Crippen molar-refractivity contribution in [2.75, 3.05) is 6.79 Å². The van der Waals surface area contributed by atoms with Crippen LogP contribution in [0.4, 0.5) is 0 Å². The van der Waals surface area contributed by atoms with E-state index >= 15 is 0 Å². The van der Waals surface area contributed by atoms with Gasteiger partial charge in [0.1, 0.15) is 11.7 Å². The van der Waals surface area contributed by atoms with E-state index in [0.29, 0.717) is 23.7 Å². The molecule has 0 fully saturated rings. The van der Waals surface area contributed by atoms with E-state index in [4.69, 9.17) is 14.6 Å². The average molecular weight is 444 g/mol. The Hall–Kier alpha value is -4.07. The van der Waals surface area contributed by atoms with Crippen LogP contribution in [-0.2, 0) is 11.3 Å². The van der Waals surface area contributed by atoms with E-state index in [1.165, 1.54) is 4.57 Å². The second-order valence-electron chi connectivity index (χ2n) is 8.15. The maximum Gasteiger partial charge on any atom is 0.253 e. The number of pyridine rings is 1. The lowest BCUT2D eigenvalue weighted by atomic mass is 10.1. The van der Waals surface area contributed by atoms with Crippen molar-refractivity contribution < 1.29 is 14.3 Å². The molecule has 8 nitrogen and oxygen atoms in total. The summed E-state index contributed by atoms with van der Waals surface area (Å²) >= 11 is 0. The van der Waals surface area contributed by atoms with Crippen molar-refractivity contribution in [1.82, 2.24) is 19.7 Å². The highest BCUT2D eigenvalue weighted by Gasteiger charge is 2.24. The molecule has 1 N–H and O–H groups in total. The number of hydrogen-bond acceptors (Lipinski definition) is 5. The molecule has 5 rings (SSSR count). The minimum absolute atomic E-state index is 0.197. The summed E-state index contributed by atoms with van der Waals surface area (Å²) in [4.78, 5) is 26.2. The molecule has 1 atom stereocenters. The molecule has 1 aliphatic rings. The highest BCUT2D eigenvalue weighted by molar-refractivity contribution is 5.87. The number of ether oxygens (including phenoxy) is 2. The number of benzene rings is 2. The third-order valence-electron chi connectivity index (χ3n) is 5.91. The fourth-order valence-electron chi connectivity index (χ4n) is 4.26. The molecule has 33 heavy (non-hydrogen) atoms. The van der Waals surface area contributed by atoms with Gasteiger partial charge in [-0.05, 0) is 56.2 Å². The lowest BCUT2D eigenvalue weighted by molar-refractivity contribution is -0.124. The maximum atomic E-state index is 13.1. The monoisotopic (exact) mass is 444 g/mol. The normalized spacial score (nSPS) is 13.3. The van der Waals surface area contributed by atoms with Crippen molar-refractivity contribution in [3.05, 3.63) is 81.8 Å². The van der Waals surface area contributed by atoms with Gasteiger partial charge in [-0.15, -0.1) is 0 Å². The number of amides is 1. The molecule has 0 radical (unpaired) electrons. The van der Waals surface area contributed by atoms with Crippen LogP contribution in [0.15, 0.2) is 59.4 Å². The topological polar surface area (TPSA) is 87.4 Å². The molecule has 1 amide bonds. The van der Waals surface area contributed by atoms with Gasteiger partial charge in [0.25, 0.3) is 5.56 Å². The third kappa shape index (κ3) is 3.63. The van der Waals surface area contributed by atoms with Crippen LogP contribution >= 0.6 is 0 Å². The van der Waals surface area contributed by atoms with E-state index in [1.54, 1.807) is 17.7 Å². The number of fused-ring (bicyclic) bond motifs is 2. The Balaban J connectivity index is 1.50. The minimum atomic E-state index is -0.742. The summed E-state index contributed by atoms with van der Waals surface area (Å²) in [5.41, 5.74) is 3.69. The highest BCUT2D eigenvalue weighted by Crippen LogP contribution is 2.32. The summed E-state index contributed by atoms with van der Waals surface area (Å²) in [6.07, 6.45) is 0. The Bertz CT molecular complexity index is 1420. The number of nitrogens with zero attached hydrogens (tertiary/aromatic N) is 3. The summed E-state index contributed by atoms with van der Waals surface area (Å²) in [7, 11) is 0. The van der Waals surface area contributed by atoms with E-state index in [-0.39, 0.29) is 18.3 Å². The molecule has 0 saturated heterocycles. The van der Waals surface area contributed by atoms with Crippen molar-refractivity contribution in [2.24, 2.45) is 0 Å². The number of rotatable bonds is 5. The van der Waals surface area contributed by atoms with Gasteiger partial charge in [0.15, 0.2) is 11.5 Å². The van der Waals surface area contributed by atoms with Gasteiger partial charge < -0.3 is 14.8 Å². The highest BCUT2D eigenvalue weighted by atomic mass is 16.7. The van der Waals surface area contributed by atoms with Crippen molar-refractivity contribution >= 4 is 16.9 Å². The molecule has 2 aromatic carbocycles. The summed E-state index contributed by atoms with van der Waals surface area (Å²) in [6, 6.07) is 16.0. The molecule has 2 aromatic heterocycles. The first-order valence-corrected chi connectivity index (χ1v) is 10.8. The molecular formula is C25H24N4O4. The predicted octanol–water partition coefficient (Wildman–Crippen LogP) is 3.41. The molecule has 3 heterocycles. The Morgan fingerprint density at radius 2 is 1.85 bits per heavy atom. The van der Waals surface area contributed by atoms with Gasteiger partial charge in [0.2, 0.25) is 12.7 Å². The number of para-hydroxylation sites is 1. The number of carbonyl (C=O) groups is 1. The summed E-state index contributed by atoms with van der Waals surface area (Å²) in [6.45, 7) is 6.03. The predicted molar refractivity (Wildman–Crippen MR) is 124 cm³/mol. The van der Waals surface area contributed by atoms with Crippen molar-refractivity contribution in [2.45, 2.75) is 33.4 Å². The van der Waals surface area contributed by atoms with Crippen LogP contribution in [0.25, 0.3) is 16.7 Å². The van der Waals surface area contributed by atoms with E-state index in [0.717, 1.165) is 27.9 Å². The molecule has 0 aliphatic carbocycles. The zero-order chi connectivity index (χ0) is 23.1. The van der Waals surface area contributed by atoms with Crippen LogP contribution in [0.1, 0.15) is 29.8 Å². The third-order valence-corrected chi connectivity index (χ3v) is 5.91. The Labute approximate surface area is 190 Å². The summed E-state index contributed by atoms with van der Waals surface area (Å²) < 4.78 is 14.0. The molecule has 8 heteroatoms. The lowest BCUT2D eigenvalue weighted by Gasteiger charge is -2.18. The molecule has 1 aliphatic heterocycles. The van der Waals surface area contributed by atoms with E-state index < -0.39 is 6.04 Å². The van der Waals surface area contributed by atoms with E-state index in [1.807, 2.05) is 62.4 Å². The van der Waals surface area contributed by atoms with Gasteiger partial charge in [-0.1, -0.05) is 24.3 Å². The second kappa shape index (κ2) is 8.12. The zero-order valence-electron chi connectivity index (χ0n) is 18.7. The van der Waals surface area contributed by atoms with Crippen molar-refractivity contribution in [1.29, 1.82) is 0 Å². The molecule has 0 bridgehead atoms. The molecule has 0 saturated carbocycles. The van der Waals surface area contributed by atoms with Gasteiger partial charge in [-0.2, -0.15) is 5.10 Å². The fourth-order valence-corrected chi connectivity index (χ4v) is 4.26.